The third-order valence-corrected chi connectivity index (χ3v) is 2.56. The molecule has 1 unspecified atom stereocenters. The van der Waals surface area contributed by atoms with Crippen molar-refractivity contribution < 1.29 is 19.4 Å². The molecule has 1 saturated heterocycles. The Morgan fingerprint density at radius 2 is 2.24 bits per heavy atom. The van der Waals surface area contributed by atoms with Crippen molar-refractivity contribution in [2.75, 3.05) is 19.8 Å². The van der Waals surface area contributed by atoms with E-state index >= 15 is 0 Å². The van der Waals surface area contributed by atoms with Crippen LogP contribution in [0.3, 0.4) is 0 Å². The molecule has 5 nitrogen and oxygen atoms in total. The first-order valence-electron chi connectivity index (χ1n) is 6.08. The molecule has 1 aliphatic heterocycles. The second-order valence-corrected chi connectivity index (χ2v) is 5.56. The second-order valence-electron chi connectivity index (χ2n) is 5.56. The highest BCUT2D eigenvalue weighted by Gasteiger charge is 2.29. The maximum absolute atomic E-state index is 11.4. The molecule has 5 heteroatoms. The lowest BCUT2D eigenvalue weighted by atomic mass is 9.93. The van der Waals surface area contributed by atoms with E-state index in [0.29, 0.717) is 26.2 Å². The molecule has 1 atom stereocenters. The largest absolute Gasteiger partial charge is 0.444 e. The van der Waals surface area contributed by atoms with Crippen LogP contribution in [-0.2, 0) is 9.47 Å². The second kappa shape index (κ2) is 5.69. The molecule has 0 aromatic carbocycles. The smallest absolute Gasteiger partial charge is 0.407 e. The van der Waals surface area contributed by atoms with Gasteiger partial charge in [0.25, 0.3) is 0 Å². The van der Waals surface area contributed by atoms with E-state index in [4.69, 9.17) is 9.47 Å². The summed E-state index contributed by atoms with van der Waals surface area (Å²) in [4.78, 5) is 11.4. The minimum absolute atomic E-state index is 0.350. The number of rotatable bonds is 3. The van der Waals surface area contributed by atoms with Crippen LogP contribution in [0.15, 0.2) is 0 Å². The Bertz CT molecular complexity index is 254. The molecule has 0 aromatic rings. The molecule has 1 heterocycles. The van der Waals surface area contributed by atoms with Crippen molar-refractivity contribution in [1.82, 2.24) is 5.32 Å². The summed E-state index contributed by atoms with van der Waals surface area (Å²) in [6, 6.07) is 0. The molecule has 0 bridgehead atoms. The number of hydrogen-bond donors (Lipinski definition) is 2. The van der Waals surface area contributed by atoms with Gasteiger partial charge in [-0.05, 0) is 40.0 Å². The summed E-state index contributed by atoms with van der Waals surface area (Å²) in [6.45, 7) is 6.90. The van der Waals surface area contributed by atoms with Crippen LogP contribution in [0.5, 0.6) is 0 Å². The van der Waals surface area contributed by atoms with Crippen molar-refractivity contribution in [2.24, 2.45) is 0 Å². The van der Waals surface area contributed by atoms with Gasteiger partial charge < -0.3 is 19.9 Å². The summed E-state index contributed by atoms with van der Waals surface area (Å²) in [6.07, 6.45) is 1.64. The van der Waals surface area contributed by atoms with Crippen LogP contribution in [-0.4, -0.2) is 42.2 Å². The summed E-state index contributed by atoms with van der Waals surface area (Å²) >= 11 is 0. The fourth-order valence-electron chi connectivity index (χ4n) is 1.75. The van der Waals surface area contributed by atoms with Gasteiger partial charge in [-0.25, -0.2) is 4.79 Å². The highest BCUT2D eigenvalue weighted by Crippen LogP contribution is 2.21. The SMILES string of the molecule is CC(C)(C)OC(=O)NCCC1(O)CCCOC1. The molecule has 0 spiro atoms. The highest BCUT2D eigenvalue weighted by atomic mass is 16.6. The van der Waals surface area contributed by atoms with Gasteiger partial charge >= 0.3 is 6.09 Å². The van der Waals surface area contributed by atoms with E-state index < -0.39 is 17.3 Å². The first-order chi connectivity index (χ1) is 7.81. The van der Waals surface area contributed by atoms with Gasteiger partial charge in [0.1, 0.15) is 5.60 Å². The molecule has 2 N–H and O–H groups in total. The maximum atomic E-state index is 11.4. The summed E-state index contributed by atoms with van der Waals surface area (Å²) in [7, 11) is 0. The van der Waals surface area contributed by atoms with Crippen LogP contribution in [0.25, 0.3) is 0 Å². The van der Waals surface area contributed by atoms with E-state index in [-0.39, 0.29) is 0 Å². The van der Waals surface area contributed by atoms with E-state index in [1.54, 1.807) is 0 Å². The lowest BCUT2D eigenvalue weighted by molar-refractivity contribution is -0.0889. The minimum atomic E-state index is -0.798. The number of amides is 1. The van der Waals surface area contributed by atoms with Crippen LogP contribution in [0.2, 0.25) is 0 Å². The van der Waals surface area contributed by atoms with Crippen LogP contribution in [0.1, 0.15) is 40.0 Å². The van der Waals surface area contributed by atoms with E-state index in [0.717, 1.165) is 12.8 Å². The Kier molecular flexibility index (Phi) is 4.77. The molecule has 0 saturated carbocycles. The van der Waals surface area contributed by atoms with Crippen molar-refractivity contribution in [3.05, 3.63) is 0 Å². The van der Waals surface area contributed by atoms with Crippen LogP contribution in [0.4, 0.5) is 4.79 Å². The van der Waals surface area contributed by atoms with Crippen LogP contribution in [0, 0.1) is 0 Å². The number of hydrogen-bond acceptors (Lipinski definition) is 4. The van der Waals surface area contributed by atoms with Gasteiger partial charge in [0.05, 0.1) is 12.2 Å². The fourth-order valence-corrected chi connectivity index (χ4v) is 1.75. The average Bonchev–Trinajstić information content (AvgIpc) is 2.15. The number of carbonyl (C=O) groups is 1. The average molecular weight is 245 g/mol. The standard InChI is InChI=1S/C12H23NO4/c1-11(2,3)17-10(14)13-7-6-12(15)5-4-8-16-9-12/h15H,4-9H2,1-3H3,(H,13,14). The predicted molar refractivity (Wildman–Crippen MR) is 63.9 cm³/mol. The lowest BCUT2D eigenvalue weighted by Crippen LogP contribution is -2.42. The van der Waals surface area contributed by atoms with Gasteiger partial charge in [-0.3, -0.25) is 0 Å². The van der Waals surface area contributed by atoms with Gasteiger partial charge in [0, 0.05) is 13.2 Å². The van der Waals surface area contributed by atoms with E-state index in [1.165, 1.54) is 0 Å². The van der Waals surface area contributed by atoms with Gasteiger partial charge in [-0.1, -0.05) is 0 Å². The summed E-state index contributed by atoms with van der Waals surface area (Å²) in [5.41, 5.74) is -1.29. The molecular weight excluding hydrogens is 222 g/mol. The molecule has 0 radical (unpaired) electrons. The summed E-state index contributed by atoms with van der Waals surface area (Å²) < 4.78 is 10.3. The Balaban J connectivity index is 2.20. The summed E-state index contributed by atoms with van der Waals surface area (Å²) in [5, 5.41) is 12.7. The van der Waals surface area contributed by atoms with Crippen LogP contribution < -0.4 is 5.32 Å². The van der Waals surface area contributed by atoms with Gasteiger partial charge in [0.2, 0.25) is 0 Å². The number of aliphatic hydroxyl groups is 1. The Hall–Kier alpha value is -0.810. The van der Waals surface area contributed by atoms with Gasteiger partial charge in [0.15, 0.2) is 0 Å². The molecular formula is C12H23NO4. The van der Waals surface area contributed by atoms with Gasteiger partial charge in [-0.2, -0.15) is 0 Å². The Morgan fingerprint density at radius 1 is 1.53 bits per heavy atom. The normalized spacial score (nSPS) is 25.4. The quantitative estimate of drug-likeness (QED) is 0.789. The van der Waals surface area contributed by atoms with Crippen molar-refractivity contribution >= 4 is 6.09 Å². The molecule has 1 aliphatic rings. The minimum Gasteiger partial charge on any atom is -0.444 e. The molecule has 0 aliphatic carbocycles. The molecule has 1 fully saturated rings. The fraction of sp³-hybridized carbons (Fsp3) is 0.917. The van der Waals surface area contributed by atoms with Crippen molar-refractivity contribution in [2.45, 2.75) is 51.2 Å². The topological polar surface area (TPSA) is 67.8 Å². The molecule has 1 amide bonds. The highest BCUT2D eigenvalue weighted by molar-refractivity contribution is 5.67. The first-order valence-corrected chi connectivity index (χ1v) is 6.08. The third kappa shape index (κ3) is 5.89. The predicted octanol–water partition coefficient (Wildman–Crippen LogP) is 1.44. The third-order valence-electron chi connectivity index (χ3n) is 2.56. The first kappa shape index (κ1) is 14.3. The van der Waals surface area contributed by atoms with Crippen LogP contribution >= 0.6 is 0 Å². The number of carbonyl (C=O) groups excluding carboxylic acids is 1. The Labute approximate surface area is 102 Å². The Morgan fingerprint density at radius 3 is 2.76 bits per heavy atom. The van der Waals surface area contributed by atoms with E-state index in [2.05, 4.69) is 5.32 Å². The number of nitrogens with one attached hydrogen (secondary N) is 1. The van der Waals surface area contributed by atoms with Crippen molar-refractivity contribution in [3.63, 3.8) is 0 Å². The van der Waals surface area contributed by atoms with E-state index in [9.17, 15) is 9.90 Å². The zero-order chi connectivity index (χ0) is 12.9. The van der Waals surface area contributed by atoms with E-state index in [1.807, 2.05) is 20.8 Å². The van der Waals surface area contributed by atoms with Gasteiger partial charge in [-0.15, -0.1) is 0 Å². The molecule has 0 aromatic heterocycles. The number of ether oxygens (including phenoxy) is 2. The molecule has 100 valence electrons. The monoisotopic (exact) mass is 245 g/mol. The molecule has 17 heavy (non-hydrogen) atoms. The zero-order valence-electron chi connectivity index (χ0n) is 10.9. The summed E-state index contributed by atoms with van der Waals surface area (Å²) in [5.74, 6) is 0. The van der Waals surface area contributed by atoms with Crippen molar-refractivity contribution in [3.8, 4) is 0 Å². The zero-order valence-corrected chi connectivity index (χ0v) is 10.9. The lowest BCUT2D eigenvalue weighted by Gasteiger charge is -2.32. The maximum Gasteiger partial charge on any atom is 0.407 e. The molecule has 1 rings (SSSR count). The van der Waals surface area contributed by atoms with Crippen molar-refractivity contribution in [1.29, 1.82) is 0 Å². The number of alkyl carbamates (subject to hydrolysis) is 1.